The van der Waals surface area contributed by atoms with Crippen LogP contribution < -0.4 is 9.47 Å². The predicted molar refractivity (Wildman–Crippen MR) is 142 cm³/mol. The first-order chi connectivity index (χ1) is 17.6. The number of nitrogens with one attached hydrogen (secondary N) is 1. The van der Waals surface area contributed by atoms with Gasteiger partial charge < -0.3 is 9.47 Å². The number of hydrazone groups is 1. The zero-order valence-corrected chi connectivity index (χ0v) is 20.4. The molecular formula is C27H23N5O3S. The summed E-state index contributed by atoms with van der Waals surface area (Å²) in [7, 11) is 0. The Balaban J connectivity index is 1.17. The van der Waals surface area contributed by atoms with E-state index >= 15 is 0 Å². The first-order valence-corrected chi connectivity index (χ1v) is 12.2. The Morgan fingerprint density at radius 3 is 2.36 bits per heavy atom. The number of carbonyl (C=O) groups excluding carboxylic acids is 1. The Labute approximate surface area is 212 Å². The molecule has 3 heterocycles. The van der Waals surface area contributed by atoms with Gasteiger partial charge in [0.25, 0.3) is 5.91 Å². The van der Waals surface area contributed by atoms with Gasteiger partial charge in [0, 0.05) is 24.4 Å². The summed E-state index contributed by atoms with van der Waals surface area (Å²) in [4.78, 5) is 20.9. The van der Waals surface area contributed by atoms with Gasteiger partial charge in [-0.3, -0.25) is 15.2 Å². The van der Waals surface area contributed by atoms with E-state index in [1.807, 2.05) is 67.6 Å². The van der Waals surface area contributed by atoms with Crippen LogP contribution in [-0.2, 0) is 4.79 Å². The minimum absolute atomic E-state index is 0.00899. The fourth-order valence-electron chi connectivity index (χ4n) is 3.50. The summed E-state index contributed by atoms with van der Waals surface area (Å²) in [6.07, 6.45) is 5.76. The number of pyridine rings is 1. The van der Waals surface area contributed by atoms with Crippen LogP contribution in [0.15, 0.2) is 88.7 Å². The van der Waals surface area contributed by atoms with E-state index < -0.39 is 5.91 Å². The molecule has 180 valence electrons. The number of aryl methyl sites for hydroxylation is 1. The van der Waals surface area contributed by atoms with Crippen LogP contribution in [-0.4, -0.2) is 45.2 Å². The number of nitrogens with zero attached hydrogens (tertiary/aromatic N) is 4. The summed E-state index contributed by atoms with van der Waals surface area (Å²) in [5, 5.41) is 15.4. The first-order valence-electron chi connectivity index (χ1n) is 11.4. The summed E-state index contributed by atoms with van der Waals surface area (Å²) < 4.78 is 11.5. The zero-order chi connectivity index (χ0) is 24.9. The minimum atomic E-state index is -0.463. The van der Waals surface area contributed by atoms with Crippen molar-refractivity contribution in [2.45, 2.75) is 13.3 Å². The van der Waals surface area contributed by atoms with E-state index in [0.29, 0.717) is 23.4 Å². The molecule has 0 saturated carbocycles. The molecule has 8 nitrogen and oxygen atoms in total. The number of amidine groups is 2. The molecule has 1 N–H and O–H groups in total. The lowest BCUT2D eigenvalue weighted by molar-refractivity contribution is -0.114. The van der Waals surface area contributed by atoms with Gasteiger partial charge in [-0.05, 0) is 66.7 Å². The highest BCUT2D eigenvalue weighted by Gasteiger charge is 2.36. The molecule has 1 amide bonds. The summed E-state index contributed by atoms with van der Waals surface area (Å²) in [6, 6.07) is 19.0. The minimum Gasteiger partial charge on any atom is -0.493 e. The number of amides is 1. The van der Waals surface area contributed by atoms with Crippen molar-refractivity contribution in [1.29, 1.82) is 5.41 Å². The first kappa shape index (κ1) is 23.5. The number of carbonyl (C=O) groups is 1. The second kappa shape index (κ2) is 10.6. The van der Waals surface area contributed by atoms with E-state index in [4.69, 9.17) is 14.9 Å². The van der Waals surface area contributed by atoms with Gasteiger partial charge in [0.15, 0.2) is 5.84 Å². The zero-order valence-electron chi connectivity index (χ0n) is 19.5. The fourth-order valence-corrected chi connectivity index (χ4v) is 4.38. The molecule has 2 aliphatic heterocycles. The van der Waals surface area contributed by atoms with Crippen LogP contribution >= 0.6 is 11.8 Å². The lowest BCUT2D eigenvalue weighted by atomic mass is 10.1. The monoisotopic (exact) mass is 497 g/mol. The van der Waals surface area contributed by atoms with Crippen LogP contribution in [0.25, 0.3) is 6.08 Å². The maximum atomic E-state index is 12.6. The highest BCUT2D eigenvalue weighted by atomic mass is 32.2. The molecule has 2 aliphatic rings. The van der Waals surface area contributed by atoms with Gasteiger partial charge in [-0.25, -0.2) is 0 Å². The predicted octanol–water partition coefficient (Wildman–Crippen LogP) is 4.91. The normalized spacial score (nSPS) is 16.0. The molecule has 3 aromatic rings. The maximum Gasteiger partial charge on any atom is 0.283 e. The van der Waals surface area contributed by atoms with Crippen molar-refractivity contribution in [3.05, 3.63) is 95.3 Å². The van der Waals surface area contributed by atoms with Crippen molar-refractivity contribution in [2.75, 3.05) is 13.2 Å². The quantitative estimate of drug-likeness (QED) is 0.351. The third-order valence-electron chi connectivity index (χ3n) is 5.40. The van der Waals surface area contributed by atoms with Gasteiger partial charge in [-0.1, -0.05) is 29.8 Å². The average Bonchev–Trinajstić information content (AvgIpc) is 3.33. The van der Waals surface area contributed by atoms with Gasteiger partial charge in [0.05, 0.1) is 18.8 Å². The van der Waals surface area contributed by atoms with Gasteiger partial charge in [-0.15, -0.1) is 0 Å². The molecule has 0 bridgehead atoms. The largest absolute Gasteiger partial charge is 0.493 e. The Morgan fingerprint density at radius 2 is 1.69 bits per heavy atom. The van der Waals surface area contributed by atoms with Crippen LogP contribution in [0.2, 0.25) is 0 Å². The molecule has 0 radical (unpaired) electrons. The molecule has 5 rings (SSSR count). The molecule has 0 saturated heterocycles. The lowest BCUT2D eigenvalue weighted by Gasteiger charge is -2.20. The number of hydrogen-bond donors (Lipinski definition) is 1. The summed E-state index contributed by atoms with van der Waals surface area (Å²) >= 11 is 1.25. The third kappa shape index (κ3) is 5.36. The number of aliphatic imine (C=N–C) groups is 1. The Morgan fingerprint density at radius 1 is 1.00 bits per heavy atom. The Hall–Kier alpha value is -4.24. The number of fused-ring (bicyclic) bond motifs is 1. The van der Waals surface area contributed by atoms with Crippen molar-refractivity contribution >= 4 is 39.8 Å². The van der Waals surface area contributed by atoms with Crippen LogP contribution in [0, 0.1) is 12.3 Å². The number of aromatic nitrogens is 1. The molecule has 2 aromatic carbocycles. The summed E-state index contributed by atoms with van der Waals surface area (Å²) in [6.45, 7) is 3.14. The third-order valence-corrected chi connectivity index (χ3v) is 6.36. The van der Waals surface area contributed by atoms with Crippen molar-refractivity contribution in [3.8, 4) is 11.5 Å². The van der Waals surface area contributed by atoms with E-state index in [1.54, 1.807) is 18.5 Å². The molecule has 0 aliphatic carbocycles. The molecule has 0 fully saturated rings. The van der Waals surface area contributed by atoms with Gasteiger partial charge >= 0.3 is 0 Å². The van der Waals surface area contributed by atoms with E-state index in [0.717, 1.165) is 29.0 Å². The summed E-state index contributed by atoms with van der Waals surface area (Å²) in [5.74, 6) is 1.10. The van der Waals surface area contributed by atoms with E-state index in [-0.39, 0.29) is 11.4 Å². The fraction of sp³-hybridized carbons (Fsp3) is 0.148. The molecule has 0 unspecified atom stereocenters. The smallest absolute Gasteiger partial charge is 0.283 e. The van der Waals surface area contributed by atoms with E-state index in [2.05, 4.69) is 15.1 Å². The lowest BCUT2D eigenvalue weighted by Crippen LogP contribution is -2.35. The molecule has 36 heavy (non-hydrogen) atoms. The molecule has 1 aromatic heterocycles. The number of benzene rings is 2. The second-order valence-electron chi connectivity index (χ2n) is 8.10. The average molecular weight is 498 g/mol. The highest BCUT2D eigenvalue weighted by molar-refractivity contribution is 8.27. The number of thioether (sulfide) groups is 1. The van der Waals surface area contributed by atoms with E-state index in [9.17, 15) is 4.79 Å². The van der Waals surface area contributed by atoms with Crippen LogP contribution in [0.5, 0.6) is 11.5 Å². The molecule has 9 heteroatoms. The SMILES string of the molecule is Cc1ccc(OCCCOc2ccc(/C=C3/C(=N)N4N=C(c5cccnc5)SC4=NC3=O)cc2)cc1. The van der Waals surface area contributed by atoms with Crippen molar-refractivity contribution < 1.29 is 14.3 Å². The standard InChI is InChI=1S/C27H23N5O3S/c1-18-5-9-21(10-6-18)34-14-3-15-35-22-11-7-19(8-12-22)16-23-24(28)32-27(30-25(23)33)36-26(31-32)20-4-2-13-29-17-20/h2,4-13,16-17,28H,3,14-15H2,1H3/b23-16-,28-24?. The van der Waals surface area contributed by atoms with Gasteiger partial charge in [0.2, 0.25) is 5.17 Å². The Bertz CT molecular complexity index is 1370. The molecular weight excluding hydrogens is 474 g/mol. The summed E-state index contributed by atoms with van der Waals surface area (Å²) in [5.41, 5.74) is 2.95. The van der Waals surface area contributed by atoms with Crippen molar-refractivity contribution in [1.82, 2.24) is 9.99 Å². The molecule has 0 atom stereocenters. The van der Waals surface area contributed by atoms with Crippen LogP contribution in [0.3, 0.4) is 0 Å². The number of ether oxygens (including phenoxy) is 2. The molecule has 0 spiro atoms. The number of rotatable bonds is 8. The van der Waals surface area contributed by atoms with Crippen LogP contribution in [0.1, 0.15) is 23.1 Å². The van der Waals surface area contributed by atoms with Crippen molar-refractivity contribution in [2.24, 2.45) is 10.1 Å². The topological polar surface area (TPSA) is 100 Å². The van der Waals surface area contributed by atoms with Gasteiger partial charge in [-0.2, -0.15) is 15.1 Å². The van der Waals surface area contributed by atoms with Crippen LogP contribution in [0.4, 0.5) is 0 Å². The van der Waals surface area contributed by atoms with Crippen molar-refractivity contribution in [3.63, 3.8) is 0 Å². The maximum absolute atomic E-state index is 12.6. The number of hydrogen-bond acceptors (Lipinski definition) is 7. The second-order valence-corrected chi connectivity index (χ2v) is 9.06. The highest BCUT2D eigenvalue weighted by Crippen LogP contribution is 2.30. The Kier molecular flexibility index (Phi) is 6.90. The van der Waals surface area contributed by atoms with E-state index in [1.165, 1.54) is 22.3 Å². The van der Waals surface area contributed by atoms with Gasteiger partial charge in [0.1, 0.15) is 16.5 Å².